The first-order valence-electron chi connectivity index (χ1n) is 11.7. The monoisotopic (exact) mass is 507 g/mol. The predicted molar refractivity (Wildman–Crippen MR) is 131 cm³/mol. The van der Waals surface area contributed by atoms with Crippen LogP contribution in [0.5, 0.6) is 0 Å². The molecule has 2 aliphatic rings. The normalized spacial score (nSPS) is 20.5. The maximum atomic E-state index is 13.4. The van der Waals surface area contributed by atoms with Gasteiger partial charge in [0.25, 0.3) is 0 Å². The number of carbonyl (C=O) groups is 4. The molecular weight excluding hydrogens is 477 g/mol. The van der Waals surface area contributed by atoms with Gasteiger partial charge in [0.2, 0.25) is 23.6 Å². The summed E-state index contributed by atoms with van der Waals surface area (Å²) in [6, 6.07) is 4.28. The van der Waals surface area contributed by atoms with Crippen molar-refractivity contribution in [2.75, 3.05) is 6.54 Å². The molecule has 1 aliphatic carbocycles. The maximum Gasteiger partial charge on any atom is 0.243 e. The Morgan fingerprint density at radius 3 is 2.24 bits per heavy atom. The lowest BCUT2D eigenvalue weighted by atomic mass is 9.85. The molecular formula is C25H31Cl2N3O4. The van der Waals surface area contributed by atoms with Gasteiger partial charge >= 0.3 is 0 Å². The highest BCUT2D eigenvalue weighted by Crippen LogP contribution is 2.35. The average Bonchev–Trinajstić information content (AvgIpc) is 3.03. The van der Waals surface area contributed by atoms with Crippen LogP contribution in [0.1, 0.15) is 52.0 Å². The summed E-state index contributed by atoms with van der Waals surface area (Å²) < 4.78 is 0. The maximum absolute atomic E-state index is 13.4. The number of halogens is 2. The molecule has 1 fully saturated rings. The highest BCUT2D eigenvalue weighted by molar-refractivity contribution is 6.42. The van der Waals surface area contributed by atoms with Gasteiger partial charge in [-0.05, 0) is 50.8 Å². The Balaban J connectivity index is 1.78. The third-order valence-corrected chi connectivity index (χ3v) is 7.04. The molecule has 9 heteroatoms. The smallest absolute Gasteiger partial charge is 0.243 e. The number of benzene rings is 1. The number of amides is 4. The van der Waals surface area contributed by atoms with Crippen molar-refractivity contribution in [3.8, 4) is 0 Å². The van der Waals surface area contributed by atoms with Crippen LogP contribution in [0.2, 0.25) is 10.0 Å². The van der Waals surface area contributed by atoms with Crippen LogP contribution < -0.4 is 5.32 Å². The van der Waals surface area contributed by atoms with E-state index in [1.807, 2.05) is 32.9 Å². The van der Waals surface area contributed by atoms with Crippen LogP contribution in [-0.4, -0.2) is 52.1 Å². The highest BCUT2D eigenvalue weighted by atomic mass is 35.5. The van der Waals surface area contributed by atoms with Crippen molar-refractivity contribution in [3.05, 3.63) is 46.0 Å². The second-order valence-corrected chi connectivity index (χ2v) is 9.91. The van der Waals surface area contributed by atoms with Gasteiger partial charge in [0, 0.05) is 25.6 Å². The molecule has 0 bridgehead atoms. The fourth-order valence-corrected chi connectivity index (χ4v) is 4.90. The number of hydrogen-bond acceptors (Lipinski definition) is 4. The van der Waals surface area contributed by atoms with Crippen LogP contribution in [0.4, 0.5) is 0 Å². The Bertz CT molecular complexity index is 968. The number of rotatable bonds is 9. The Labute approximate surface area is 210 Å². The zero-order chi connectivity index (χ0) is 25.0. The molecule has 1 saturated heterocycles. The van der Waals surface area contributed by atoms with Gasteiger partial charge in [0.1, 0.15) is 6.04 Å². The lowest BCUT2D eigenvalue weighted by Crippen LogP contribution is -2.51. The van der Waals surface area contributed by atoms with Gasteiger partial charge in [-0.3, -0.25) is 24.1 Å². The first-order chi connectivity index (χ1) is 16.1. The standard InChI is InChI=1S/C25H31Cl2N3O4/c1-4-21(23(32)28-15(2)3)30(14-16-9-10-19(26)20(27)13-16)22(31)11-12-29-24(33)17-7-5-6-8-18(17)25(29)34/h5-6,9-10,13,15,17-18,21H,4,7-8,11-12,14H2,1-3H3,(H,28,32)/t17-,18+,21?. The van der Waals surface area contributed by atoms with Crippen LogP contribution >= 0.6 is 23.2 Å². The molecule has 0 radical (unpaired) electrons. The van der Waals surface area contributed by atoms with Crippen LogP contribution in [-0.2, 0) is 25.7 Å². The minimum Gasteiger partial charge on any atom is -0.352 e. The number of carbonyl (C=O) groups excluding carboxylic acids is 4. The number of hydrogen-bond donors (Lipinski definition) is 1. The third-order valence-electron chi connectivity index (χ3n) is 6.30. The summed E-state index contributed by atoms with van der Waals surface area (Å²) in [7, 11) is 0. The molecule has 0 spiro atoms. The van der Waals surface area contributed by atoms with E-state index < -0.39 is 6.04 Å². The number of imide groups is 1. The van der Waals surface area contributed by atoms with Crippen molar-refractivity contribution >= 4 is 46.8 Å². The van der Waals surface area contributed by atoms with Crippen molar-refractivity contribution in [2.24, 2.45) is 11.8 Å². The Hall–Kier alpha value is -2.38. The summed E-state index contributed by atoms with van der Waals surface area (Å²) >= 11 is 12.2. The Morgan fingerprint density at radius 2 is 1.71 bits per heavy atom. The van der Waals surface area contributed by atoms with Gasteiger partial charge < -0.3 is 10.2 Å². The zero-order valence-electron chi connectivity index (χ0n) is 19.7. The van der Waals surface area contributed by atoms with Crippen LogP contribution in [0.25, 0.3) is 0 Å². The van der Waals surface area contributed by atoms with E-state index in [2.05, 4.69) is 5.32 Å². The van der Waals surface area contributed by atoms with Crippen molar-refractivity contribution in [2.45, 2.75) is 65.1 Å². The topological polar surface area (TPSA) is 86.8 Å². The molecule has 0 saturated carbocycles. The fourth-order valence-electron chi connectivity index (χ4n) is 4.58. The van der Waals surface area contributed by atoms with Gasteiger partial charge in [-0.2, -0.15) is 0 Å². The number of nitrogens with one attached hydrogen (secondary N) is 1. The molecule has 1 aromatic carbocycles. The van der Waals surface area contributed by atoms with Gasteiger partial charge in [-0.25, -0.2) is 0 Å². The van der Waals surface area contributed by atoms with Gasteiger partial charge in [0.05, 0.1) is 21.9 Å². The van der Waals surface area contributed by atoms with Gasteiger partial charge in [-0.1, -0.05) is 48.3 Å². The van der Waals surface area contributed by atoms with Crippen LogP contribution in [0.15, 0.2) is 30.4 Å². The van der Waals surface area contributed by atoms with E-state index in [1.54, 1.807) is 18.2 Å². The third kappa shape index (κ3) is 5.81. The quantitative estimate of drug-likeness (QED) is 0.404. The van der Waals surface area contributed by atoms with Gasteiger partial charge in [0.15, 0.2) is 0 Å². The number of likely N-dealkylation sites (tertiary alicyclic amines) is 1. The molecule has 4 amide bonds. The molecule has 1 heterocycles. The largest absolute Gasteiger partial charge is 0.352 e. The number of allylic oxidation sites excluding steroid dienone is 2. The van der Waals surface area contributed by atoms with E-state index in [1.165, 1.54) is 9.80 Å². The Kier molecular flexibility index (Phi) is 8.77. The second-order valence-electron chi connectivity index (χ2n) is 9.09. The first-order valence-corrected chi connectivity index (χ1v) is 12.4. The fraction of sp³-hybridized carbons (Fsp3) is 0.520. The summed E-state index contributed by atoms with van der Waals surface area (Å²) in [6.45, 7) is 5.70. The van der Waals surface area contributed by atoms with E-state index >= 15 is 0 Å². The van der Waals surface area contributed by atoms with Crippen molar-refractivity contribution < 1.29 is 19.2 Å². The van der Waals surface area contributed by atoms with E-state index in [0.29, 0.717) is 29.3 Å². The minimum atomic E-state index is -0.707. The molecule has 34 heavy (non-hydrogen) atoms. The number of nitrogens with zero attached hydrogens (tertiary/aromatic N) is 2. The zero-order valence-corrected chi connectivity index (χ0v) is 21.2. The van der Waals surface area contributed by atoms with E-state index in [9.17, 15) is 19.2 Å². The lowest BCUT2D eigenvalue weighted by Gasteiger charge is -2.31. The molecule has 3 atom stereocenters. The summed E-state index contributed by atoms with van der Waals surface area (Å²) in [5, 5.41) is 3.63. The van der Waals surface area contributed by atoms with Crippen molar-refractivity contribution in [1.29, 1.82) is 0 Å². The van der Waals surface area contributed by atoms with Gasteiger partial charge in [-0.15, -0.1) is 0 Å². The van der Waals surface area contributed by atoms with Crippen LogP contribution in [0.3, 0.4) is 0 Å². The summed E-state index contributed by atoms with van der Waals surface area (Å²) in [4.78, 5) is 54.5. The SMILES string of the molecule is CCC(C(=O)NC(C)C)N(Cc1ccc(Cl)c(Cl)c1)C(=O)CCN1C(=O)[C@H]2CC=CC[C@H]2C1=O. The molecule has 1 unspecified atom stereocenters. The molecule has 184 valence electrons. The summed E-state index contributed by atoms with van der Waals surface area (Å²) in [5.74, 6) is -1.66. The molecule has 7 nitrogen and oxygen atoms in total. The van der Waals surface area contributed by atoms with Crippen molar-refractivity contribution in [1.82, 2.24) is 15.1 Å². The highest BCUT2D eigenvalue weighted by Gasteiger charge is 2.47. The number of fused-ring (bicyclic) bond motifs is 1. The lowest BCUT2D eigenvalue weighted by molar-refractivity contribution is -0.144. The summed E-state index contributed by atoms with van der Waals surface area (Å²) in [6.07, 6.45) is 5.31. The van der Waals surface area contributed by atoms with Crippen molar-refractivity contribution in [3.63, 3.8) is 0 Å². The minimum absolute atomic E-state index is 0.00358. The first kappa shape index (κ1) is 26.2. The second kappa shape index (κ2) is 11.4. The predicted octanol–water partition coefficient (Wildman–Crippen LogP) is 3.97. The van der Waals surface area contributed by atoms with E-state index in [0.717, 1.165) is 5.56 Å². The Morgan fingerprint density at radius 1 is 1.09 bits per heavy atom. The molecule has 1 N–H and O–H groups in total. The summed E-state index contributed by atoms with van der Waals surface area (Å²) in [5.41, 5.74) is 0.726. The van der Waals surface area contributed by atoms with E-state index in [-0.39, 0.29) is 61.0 Å². The average molecular weight is 508 g/mol. The van der Waals surface area contributed by atoms with Crippen LogP contribution in [0, 0.1) is 11.8 Å². The van der Waals surface area contributed by atoms with E-state index in [4.69, 9.17) is 23.2 Å². The molecule has 0 aromatic heterocycles. The molecule has 3 rings (SSSR count). The molecule has 1 aromatic rings. The molecule has 1 aliphatic heterocycles.